The highest BCUT2D eigenvalue weighted by Crippen LogP contribution is 2.18. The number of aromatic amines is 1. The molecule has 1 aromatic rings. The van der Waals surface area contributed by atoms with E-state index in [9.17, 15) is 9.59 Å². The van der Waals surface area contributed by atoms with Crippen LogP contribution in [0.25, 0.3) is 0 Å². The summed E-state index contributed by atoms with van der Waals surface area (Å²) in [5.74, 6) is -0.254. The van der Waals surface area contributed by atoms with Gasteiger partial charge >= 0.3 is 0 Å². The number of aromatic nitrogens is 1. The first-order valence-electron chi connectivity index (χ1n) is 5.78. The van der Waals surface area contributed by atoms with Gasteiger partial charge in [0.05, 0.1) is 0 Å². The molecule has 2 N–H and O–H groups in total. The minimum absolute atomic E-state index is 0.215. The van der Waals surface area contributed by atoms with Gasteiger partial charge in [-0.05, 0) is 48.4 Å². The molecule has 0 spiro atoms. The first-order chi connectivity index (χ1) is 8.08. The lowest BCUT2D eigenvalue weighted by atomic mass is 10.2. The zero-order valence-corrected chi connectivity index (χ0v) is 11.8. The molecule has 2 rings (SSSR count). The highest BCUT2D eigenvalue weighted by atomic mass is 127. The first kappa shape index (κ1) is 12.6. The van der Waals surface area contributed by atoms with Crippen molar-refractivity contribution in [1.29, 1.82) is 0 Å². The summed E-state index contributed by atoms with van der Waals surface area (Å²) in [5.41, 5.74) is 0.707. The van der Waals surface area contributed by atoms with Gasteiger partial charge in [-0.1, -0.05) is 12.8 Å². The highest BCUT2D eigenvalue weighted by Gasteiger charge is 2.20. The number of amides is 1. The van der Waals surface area contributed by atoms with E-state index in [-0.39, 0.29) is 23.1 Å². The van der Waals surface area contributed by atoms with Crippen LogP contribution >= 0.6 is 22.6 Å². The second-order valence-corrected chi connectivity index (χ2v) is 5.60. The molecule has 1 heterocycles. The SMILES string of the molecule is Cc1[nH]c(=O)c(C(=O)NC2CCCC2)cc1I. The molecule has 0 unspecified atom stereocenters. The summed E-state index contributed by atoms with van der Waals surface area (Å²) in [6.07, 6.45) is 4.36. The highest BCUT2D eigenvalue weighted by molar-refractivity contribution is 14.1. The second kappa shape index (κ2) is 5.20. The molecule has 1 aromatic heterocycles. The fourth-order valence-electron chi connectivity index (χ4n) is 2.10. The van der Waals surface area contributed by atoms with Crippen molar-refractivity contribution in [1.82, 2.24) is 10.3 Å². The predicted octanol–water partition coefficient (Wildman–Crippen LogP) is 1.96. The number of pyridine rings is 1. The van der Waals surface area contributed by atoms with Crippen LogP contribution < -0.4 is 10.9 Å². The molecular formula is C12H15IN2O2. The first-order valence-corrected chi connectivity index (χ1v) is 6.86. The van der Waals surface area contributed by atoms with E-state index >= 15 is 0 Å². The van der Waals surface area contributed by atoms with Crippen molar-refractivity contribution in [3.8, 4) is 0 Å². The monoisotopic (exact) mass is 346 g/mol. The Labute approximate surface area is 113 Å². The minimum Gasteiger partial charge on any atom is -0.349 e. The molecule has 1 aliphatic carbocycles. The van der Waals surface area contributed by atoms with Crippen LogP contribution in [0, 0.1) is 10.5 Å². The number of hydrogen-bond donors (Lipinski definition) is 2. The summed E-state index contributed by atoms with van der Waals surface area (Å²) < 4.78 is 0.902. The largest absolute Gasteiger partial charge is 0.349 e. The van der Waals surface area contributed by atoms with Crippen molar-refractivity contribution in [3.05, 3.63) is 31.2 Å². The lowest BCUT2D eigenvalue weighted by Crippen LogP contribution is -2.36. The molecule has 4 nitrogen and oxygen atoms in total. The van der Waals surface area contributed by atoms with Crippen LogP contribution in [0.1, 0.15) is 41.7 Å². The smallest absolute Gasteiger partial charge is 0.261 e. The third kappa shape index (κ3) is 2.88. The zero-order valence-electron chi connectivity index (χ0n) is 9.68. The van der Waals surface area contributed by atoms with Crippen molar-refractivity contribution in [3.63, 3.8) is 0 Å². The fraction of sp³-hybridized carbons (Fsp3) is 0.500. The molecule has 0 atom stereocenters. The van der Waals surface area contributed by atoms with Crippen LogP contribution in [-0.4, -0.2) is 16.9 Å². The summed E-state index contributed by atoms with van der Waals surface area (Å²) >= 11 is 2.11. The van der Waals surface area contributed by atoms with E-state index < -0.39 is 0 Å². The molecule has 0 aromatic carbocycles. The number of nitrogens with one attached hydrogen (secondary N) is 2. The van der Waals surface area contributed by atoms with Crippen molar-refractivity contribution < 1.29 is 4.79 Å². The zero-order chi connectivity index (χ0) is 12.4. The molecule has 5 heteroatoms. The Balaban J connectivity index is 2.18. The van der Waals surface area contributed by atoms with Crippen LogP contribution in [0.5, 0.6) is 0 Å². The van der Waals surface area contributed by atoms with Gasteiger partial charge in [0.2, 0.25) is 0 Å². The Morgan fingerprint density at radius 2 is 2.12 bits per heavy atom. The van der Waals surface area contributed by atoms with E-state index in [2.05, 4.69) is 32.9 Å². The normalized spacial score (nSPS) is 16.1. The quantitative estimate of drug-likeness (QED) is 0.805. The van der Waals surface area contributed by atoms with E-state index in [0.29, 0.717) is 0 Å². The number of hydrogen-bond acceptors (Lipinski definition) is 2. The molecular weight excluding hydrogens is 331 g/mol. The number of carbonyl (C=O) groups excluding carboxylic acids is 1. The fourth-order valence-corrected chi connectivity index (χ4v) is 2.55. The van der Waals surface area contributed by atoms with E-state index in [1.165, 1.54) is 0 Å². The van der Waals surface area contributed by atoms with Gasteiger partial charge in [-0.2, -0.15) is 0 Å². The minimum atomic E-state index is -0.307. The van der Waals surface area contributed by atoms with Gasteiger partial charge in [0.15, 0.2) is 0 Å². The van der Waals surface area contributed by atoms with Gasteiger partial charge in [-0.3, -0.25) is 9.59 Å². The average molecular weight is 346 g/mol. The molecule has 17 heavy (non-hydrogen) atoms. The lowest BCUT2D eigenvalue weighted by molar-refractivity contribution is 0.0936. The number of aryl methyl sites for hydroxylation is 1. The third-order valence-electron chi connectivity index (χ3n) is 3.11. The summed E-state index contributed by atoms with van der Waals surface area (Å²) in [4.78, 5) is 26.3. The maximum absolute atomic E-state index is 12.0. The van der Waals surface area contributed by atoms with Crippen LogP contribution in [0.4, 0.5) is 0 Å². The second-order valence-electron chi connectivity index (χ2n) is 4.44. The van der Waals surface area contributed by atoms with Crippen molar-refractivity contribution in [2.75, 3.05) is 0 Å². The molecule has 0 bridgehead atoms. The molecule has 1 aliphatic rings. The van der Waals surface area contributed by atoms with Crippen molar-refractivity contribution >= 4 is 28.5 Å². The Morgan fingerprint density at radius 3 is 2.76 bits per heavy atom. The molecule has 0 saturated heterocycles. The molecule has 1 amide bonds. The van der Waals surface area contributed by atoms with Gasteiger partial charge in [0, 0.05) is 15.3 Å². The molecule has 0 radical (unpaired) electrons. The Hall–Kier alpha value is -0.850. The summed E-state index contributed by atoms with van der Waals surface area (Å²) in [6.45, 7) is 1.82. The molecule has 1 fully saturated rings. The van der Waals surface area contributed by atoms with Gasteiger partial charge in [-0.15, -0.1) is 0 Å². The van der Waals surface area contributed by atoms with E-state index in [0.717, 1.165) is 34.9 Å². The van der Waals surface area contributed by atoms with Gasteiger partial charge in [0.1, 0.15) is 5.56 Å². The summed E-state index contributed by atoms with van der Waals surface area (Å²) in [5, 5.41) is 2.92. The summed E-state index contributed by atoms with van der Waals surface area (Å²) in [6, 6.07) is 1.89. The molecule has 92 valence electrons. The van der Waals surface area contributed by atoms with Gasteiger partial charge in [0.25, 0.3) is 11.5 Å². The van der Waals surface area contributed by atoms with E-state index in [1.807, 2.05) is 6.92 Å². The Morgan fingerprint density at radius 1 is 1.47 bits per heavy atom. The maximum atomic E-state index is 12.0. The van der Waals surface area contributed by atoms with Gasteiger partial charge < -0.3 is 10.3 Å². The van der Waals surface area contributed by atoms with E-state index in [1.54, 1.807) is 6.07 Å². The van der Waals surface area contributed by atoms with Crippen molar-refractivity contribution in [2.45, 2.75) is 38.6 Å². The average Bonchev–Trinajstić information content (AvgIpc) is 2.76. The van der Waals surface area contributed by atoms with Crippen LogP contribution in [0.2, 0.25) is 0 Å². The standard InChI is InChI=1S/C12H15IN2O2/c1-7-10(13)6-9(11(16)14-7)12(17)15-8-4-2-3-5-8/h6,8H,2-5H2,1H3,(H,14,16)(H,15,17). The van der Waals surface area contributed by atoms with Gasteiger partial charge in [-0.25, -0.2) is 0 Å². The van der Waals surface area contributed by atoms with Crippen LogP contribution in [0.3, 0.4) is 0 Å². The Bertz CT molecular complexity index is 490. The maximum Gasteiger partial charge on any atom is 0.261 e. The number of H-pyrrole nitrogens is 1. The predicted molar refractivity (Wildman–Crippen MR) is 74.2 cm³/mol. The topological polar surface area (TPSA) is 62.0 Å². The Kier molecular flexibility index (Phi) is 3.86. The molecule has 1 saturated carbocycles. The number of rotatable bonds is 2. The van der Waals surface area contributed by atoms with Crippen molar-refractivity contribution in [2.24, 2.45) is 0 Å². The third-order valence-corrected chi connectivity index (χ3v) is 4.23. The molecule has 0 aliphatic heterocycles. The number of halogens is 1. The summed E-state index contributed by atoms with van der Waals surface area (Å²) in [7, 11) is 0. The van der Waals surface area contributed by atoms with E-state index in [4.69, 9.17) is 0 Å². The number of carbonyl (C=O) groups is 1. The van der Waals surface area contributed by atoms with Crippen LogP contribution in [-0.2, 0) is 0 Å². The van der Waals surface area contributed by atoms with Crippen LogP contribution in [0.15, 0.2) is 10.9 Å². The lowest BCUT2D eigenvalue weighted by Gasteiger charge is -2.11.